The lowest BCUT2D eigenvalue weighted by atomic mass is 9.82. The van der Waals surface area contributed by atoms with E-state index in [-0.39, 0.29) is 28.0 Å². The molecular formula is C37H33BrClNO8S. The molecule has 0 saturated heterocycles. The molecule has 0 radical (unpaired) electrons. The standard InChI is InChI=1S/C37H33BrClNO8S/c1-40(25-9-11-26(45-2)12-10-25)35(42)29-15-13-28(21-30(29)39)47-36(43)22-4-6-23(7-5-22)37(44)48-32-17-14-27(46-3)20-24(32)8-16-31(41)33-18-19-34(38)49-33/h8-23H,4-7H2,1-3H3/b16-8+. The molecule has 0 aliphatic heterocycles. The maximum atomic E-state index is 13.2. The topological polar surface area (TPSA) is 108 Å². The van der Waals surface area contributed by atoms with Crippen molar-refractivity contribution in [1.82, 2.24) is 0 Å². The van der Waals surface area contributed by atoms with Gasteiger partial charge in [-0.25, -0.2) is 0 Å². The average molecular weight is 767 g/mol. The number of esters is 2. The van der Waals surface area contributed by atoms with Crippen LogP contribution < -0.4 is 23.8 Å². The normalized spacial score (nSPS) is 15.8. The number of halogens is 2. The monoisotopic (exact) mass is 765 g/mol. The van der Waals surface area contributed by atoms with Crippen molar-refractivity contribution >= 4 is 74.3 Å². The van der Waals surface area contributed by atoms with Gasteiger partial charge in [0.1, 0.15) is 23.0 Å². The molecule has 4 aromatic rings. The minimum absolute atomic E-state index is 0.152. The highest BCUT2D eigenvalue weighted by atomic mass is 79.9. The summed E-state index contributed by atoms with van der Waals surface area (Å²) in [6.45, 7) is 0. The summed E-state index contributed by atoms with van der Waals surface area (Å²) in [6, 6.07) is 20.1. The minimum atomic E-state index is -0.428. The zero-order valence-electron chi connectivity index (χ0n) is 26.9. The molecule has 3 aromatic carbocycles. The molecule has 0 atom stereocenters. The van der Waals surface area contributed by atoms with Gasteiger partial charge < -0.3 is 23.8 Å². The summed E-state index contributed by atoms with van der Waals surface area (Å²) in [6.07, 6.45) is 4.80. The highest BCUT2D eigenvalue weighted by Crippen LogP contribution is 2.34. The Morgan fingerprint density at radius 2 is 1.41 bits per heavy atom. The lowest BCUT2D eigenvalue weighted by molar-refractivity contribution is -0.145. The van der Waals surface area contributed by atoms with Gasteiger partial charge in [0, 0.05) is 24.4 Å². The van der Waals surface area contributed by atoms with Gasteiger partial charge in [0.25, 0.3) is 5.91 Å². The van der Waals surface area contributed by atoms with Crippen molar-refractivity contribution in [2.24, 2.45) is 11.8 Å². The third-order valence-corrected chi connectivity index (χ3v) is 10.2. The van der Waals surface area contributed by atoms with E-state index in [1.807, 2.05) is 0 Å². The van der Waals surface area contributed by atoms with Gasteiger partial charge in [-0.3, -0.25) is 19.2 Å². The Hall–Kier alpha value is -4.45. The molecule has 12 heteroatoms. The van der Waals surface area contributed by atoms with Crippen LogP contribution in [0.3, 0.4) is 0 Å². The molecule has 0 spiro atoms. The van der Waals surface area contributed by atoms with Crippen molar-refractivity contribution in [2.45, 2.75) is 25.7 Å². The quantitative estimate of drug-likeness (QED) is 0.0646. The molecule has 254 valence electrons. The number of carbonyl (C=O) groups excluding carboxylic acids is 4. The van der Waals surface area contributed by atoms with E-state index in [0.717, 1.165) is 3.79 Å². The first-order chi connectivity index (χ1) is 23.6. The van der Waals surface area contributed by atoms with Crippen LogP contribution in [-0.4, -0.2) is 44.9 Å². The second kappa shape index (κ2) is 16.3. The van der Waals surface area contributed by atoms with Gasteiger partial charge in [-0.2, -0.15) is 0 Å². The van der Waals surface area contributed by atoms with Crippen LogP contribution in [0.15, 0.2) is 82.7 Å². The summed E-state index contributed by atoms with van der Waals surface area (Å²) >= 11 is 11.1. The number of thiophene rings is 1. The highest BCUT2D eigenvalue weighted by Gasteiger charge is 2.32. The molecule has 1 heterocycles. The summed E-state index contributed by atoms with van der Waals surface area (Å²) in [5, 5.41) is 0.152. The van der Waals surface area contributed by atoms with Gasteiger partial charge in [-0.15, -0.1) is 11.3 Å². The summed E-state index contributed by atoms with van der Waals surface area (Å²) in [5.41, 5.74) is 1.44. The Labute approximate surface area is 301 Å². The molecule has 0 unspecified atom stereocenters. The summed E-state index contributed by atoms with van der Waals surface area (Å²) in [4.78, 5) is 54.0. The van der Waals surface area contributed by atoms with Crippen LogP contribution in [0.5, 0.6) is 23.0 Å². The van der Waals surface area contributed by atoms with Gasteiger partial charge in [0.2, 0.25) is 0 Å². The Kier molecular flexibility index (Phi) is 11.9. The second-order valence-corrected chi connectivity index (χ2v) is 14.2. The van der Waals surface area contributed by atoms with E-state index in [1.54, 1.807) is 74.8 Å². The molecule has 1 amide bonds. The number of ether oxygens (including phenoxy) is 4. The number of benzene rings is 3. The Morgan fingerprint density at radius 3 is 2.00 bits per heavy atom. The largest absolute Gasteiger partial charge is 0.497 e. The fourth-order valence-electron chi connectivity index (χ4n) is 5.36. The van der Waals surface area contributed by atoms with E-state index in [0.29, 0.717) is 59.1 Å². The SMILES string of the molecule is COc1ccc(N(C)C(=O)c2ccc(OC(=O)C3CCC(C(=O)Oc4ccc(OC)cc4/C=C/C(=O)c4ccc(Br)s4)CC3)cc2Cl)cc1. The van der Waals surface area contributed by atoms with Crippen LogP contribution in [0.4, 0.5) is 5.69 Å². The summed E-state index contributed by atoms with van der Waals surface area (Å²) in [7, 11) is 4.74. The molecule has 9 nitrogen and oxygen atoms in total. The maximum absolute atomic E-state index is 13.2. The number of rotatable bonds is 11. The third-order valence-electron chi connectivity index (χ3n) is 8.21. The van der Waals surface area contributed by atoms with Crippen LogP contribution in [-0.2, 0) is 9.59 Å². The third kappa shape index (κ3) is 8.97. The number of carbonyl (C=O) groups is 4. The van der Waals surface area contributed by atoms with Crippen molar-refractivity contribution in [3.05, 3.63) is 104 Å². The van der Waals surface area contributed by atoms with E-state index < -0.39 is 23.8 Å². The zero-order chi connectivity index (χ0) is 35.1. The lowest BCUT2D eigenvalue weighted by Crippen LogP contribution is -2.30. The van der Waals surface area contributed by atoms with E-state index >= 15 is 0 Å². The van der Waals surface area contributed by atoms with Crippen LogP contribution in [0.25, 0.3) is 6.08 Å². The van der Waals surface area contributed by atoms with Gasteiger partial charge >= 0.3 is 11.9 Å². The zero-order valence-corrected chi connectivity index (χ0v) is 30.1. The van der Waals surface area contributed by atoms with Crippen molar-refractivity contribution in [1.29, 1.82) is 0 Å². The summed E-state index contributed by atoms with van der Waals surface area (Å²) in [5.74, 6) is -0.400. The Bertz CT molecular complexity index is 1880. The predicted octanol–water partition coefficient (Wildman–Crippen LogP) is 8.67. The number of ketones is 1. The number of amides is 1. The molecule has 49 heavy (non-hydrogen) atoms. The van der Waals surface area contributed by atoms with Gasteiger partial charge in [-0.05, 0) is 120 Å². The van der Waals surface area contributed by atoms with E-state index in [2.05, 4.69) is 15.9 Å². The van der Waals surface area contributed by atoms with Crippen molar-refractivity contribution < 1.29 is 38.1 Å². The molecule has 1 aliphatic rings. The average Bonchev–Trinajstić information content (AvgIpc) is 3.56. The van der Waals surface area contributed by atoms with E-state index in [9.17, 15) is 19.2 Å². The molecule has 1 saturated carbocycles. The first-order valence-corrected chi connectivity index (χ1v) is 17.4. The van der Waals surface area contributed by atoms with Crippen LogP contribution in [0.1, 0.15) is 51.3 Å². The maximum Gasteiger partial charge on any atom is 0.314 e. The smallest absolute Gasteiger partial charge is 0.314 e. The Morgan fingerprint density at radius 1 is 0.796 bits per heavy atom. The molecule has 0 N–H and O–H groups in total. The molecule has 1 fully saturated rings. The number of hydrogen-bond acceptors (Lipinski definition) is 9. The second-order valence-electron chi connectivity index (χ2n) is 11.3. The highest BCUT2D eigenvalue weighted by molar-refractivity contribution is 9.11. The molecule has 1 aliphatic carbocycles. The van der Waals surface area contributed by atoms with Gasteiger partial charge in [0.05, 0.1) is 45.3 Å². The van der Waals surface area contributed by atoms with Gasteiger partial charge in [-0.1, -0.05) is 11.6 Å². The number of anilines is 1. The van der Waals surface area contributed by atoms with Crippen LogP contribution in [0.2, 0.25) is 5.02 Å². The lowest BCUT2D eigenvalue weighted by Gasteiger charge is -2.26. The van der Waals surface area contributed by atoms with Crippen molar-refractivity contribution in [3.8, 4) is 23.0 Å². The fourth-order valence-corrected chi connectivity index (χ4v) is 6.92. The number of nitrogens with zero attached hydrogens (tertiary/aromatic N) is 1. The first kappa shape index (κ1) is 35.8. The number of allylic oxidation sites excluding steroid dienone is 1. The molecular weight excluding hydrogens is 734 g/mol. The number of hydrogen-bond donors (Lipinski definition) is 0. The predicted molar refractivity (Wildman–Crippen MR) is 192 cm³/mol. The summed E-state index contributed by atoms with van der Waals surface area (Å²) < 4.78 is 22.8. The molecule has 0 bridgehead atoms. The van der Waals surface area contributed by atoms with E-state index in [1.165, 1.54) is 47.6 Å². The Balaban J connectivity index is 1.15. The number of methoxy groups -OCH3 is 2. The van der Waals surface area contributed by atoms with Crippen LogP contribution in [0, 0.1) is 11.8 Å². The van der Waals surface area contributed by atoms with Crippen molar-refractivity contribution in [3.63, 3.8) is 0 Å². The first-order valence-electron chi connectivity index (χ1n) is 15.4. The van der Waals surface area contributed by atoms with E-state index in [4.69, 9.17) is 30.5 Å². The minimum Gasteiger partial charge on any atom is -0.497 e. The van der Waals surface area contributed by atoms with Crippen molar-refractivity contribution in [2.75, 3.05) is 26.2 Å². The molecule has 5 rings (SSSR count). The fraction of sp³-hybridized carbons (Fsp3) is 0.243. The van der Waals surface area contributed by atoms with Crippen LogP contribution >= 0.6 is 38.9 Å². The van der Waals surface area contributed by atoms with Gasteiger partial charge in [0.15, 0.2) is 5.78 Å². The molecule has 1 aromatic heterocycles.